The molecule has 3 heterocycles. The van der Waals surface area contributed by atoms with Crippen molar-refractivity contribution >= 4 is 23.9 Å². The van der Waals surface area contributed by atoms with E-state index in [1.165, 1.54) is 24.5 Å². The minimum atomic E-state index is -0.994. The maximum atomic E-state index is 14.8. The Hall–Kier alpha value is -3.23. The lowest BCUT2D eigenvalue weighted by Gasteiger charge is -2.33. The van der Waals surface area contributed by atoms with Crippen LogP contribution in [0.5, 0.6) is 0 Å². The van der Waals surface area contributed by atoms with Gasteiger partial charge in [-0.15, -0.1) is 0 Å². The first-order valence-corrected chi connectivity index (χ1v) is 9.81. The number of nitrogens with zero attached hydrogens (tertiary/aromatic N) is 3. The van der Waals surface area contributed by atoms with E-state index in [1.54, 1.807) is 0 Å². The van der Waals surface area contributed by atoms with Crippen LogP contribution in [0.3, 0.4) is 0 Å². The fraction of sp³-hybridized carbons (Fsp3) is 0.381. The first-order chi connectivity index (χ1) is 14.5. The van der Waals surface area contributed by atoms with Crippen LogP contribution >= 0.6 is 0 Å². The summed E-state index contributed by atoms with van der Waals surface area (Å²) < 4.78 is 29.5. The van der Waals surface area contributed by atoms with Gasteiger partial charge in [0.05, 0.1) is 18.3 Å². The van der Waals surface area contributed by atoms with Gasteiger partial charge in [-0.2, -0.15) is 0 Å². The maximum Gasteiger partial charge on any atom is 0.234 e. The molecule has 0 spiro atoms. The molecule has 2 aliphatic heterocycles. The minimum Gasteiger partial charge on any atom is -0.355 e. The van der Waals surface area contributed by atoms with Gasteiger partial charge in [0.15, 0.2) is 6.29 Å². The van der Waals surface area contributed by atoms with E-state index in [-0.39, 0.29) is 30.0 Å². The van der Waals surface area contributed by atoms with Crippen LogP contribution in [-0.4, -0.2) is 41.2 Å². The Morgan fingerprint density at radius 1 is 1.03 bits per heavy atom. The Morgan fingerprint density at radius 3 is 2.30 bits per heavy atom. The average Bonchev–Trinajstić information content (AvgIpc) is 2.75. The maximum absolute atomic E-state index is 14.8. The third-order valence-corrected chi connectivity index (χ3v) is 5.76. The number of imide groups is 1. The predicted molar refractivity (Wildman–Crippen MR) is 103 cm³/mol. The molecule has 2 fully saturated rings. The molecule has 7 nitrogen and oxygen atoms in total. The third-order valence-electron chi connectivity index (χ3n) is 5.76. The highest BCUT2D eigenvalue weighted by Gasteiger charge is 2.33. The normalized spacial score (nSPS) is 20.2. The van der Waals surface area contributed by atoms with Crippen LogP contribution in [0.2, 0.25) is 0 Å². The van der Waals surface area contributed by atoms with Gasteiger partial charge >= 0.3 is 0 Å². The zero-order chi connectivity index (χ0) is 21.3. The lowest BCUT2D eigenvalue weighted by molar-refractivity contribution is -0.134. The Labute approximate surface area is 171 Å². The molecule has 9 heteroatoms. The van der Waals surface area contributed by atoms with Crippen LogP contribution in [0.25, 0.3) is 0 Å². The Morgan fingerprint density at radius 2 is 1.73 bits per heavy atom. The number of nitrogens with one attached hydrogen (secondary N) is 1. The molecule has 156 valence electrons. The summed E-state index contributed by atoms with van der Waals surface area (Å²) in [6.07, 6.45) is 5.09. The Kier molecular flexibility index (Phi) is 5.52. The minimum absolute atomic E-state index is 0.0248. The molecule has 1 unspecified atom stereocenters. The smallest absolute Gasteiger partial charge is 0.234 e. The molecule has 2 amide bonds. The quantitative estimate of drug-likeness (QED) is 0.610. The average molecular weight is 414 g/mol. The molecule has 1 aromatic carbocycles. The Bertz CT molecular complexity index is 965. The SMILES string of the molecule is O=Cc1cnc(N2CCC(c3cc(F)c(C4CCC(=O)NC4=O)c(F)c3)CC2)cn1. The number of piperidine rings is 2. The summed E-state index contributed by atoms with van der Waals surface area (Å²) in [5.41, 5.74) is 0.547. The topological polar surface area (TPSA) is 92.3 Å². The van der Waals surface area contributed by atoms with Gasteiger partial charge in [0.25, 0.3) is 0 Å². The number of rotatable bonds is 4. The number of hydrogen-bond acceptors (Lipinski definition) is 6. The van der Waals surface area contributed by atoms with E-state index in [0.29, 0.717) is 43.6 Å². The highest BCUT2D eigenvalue weighted by Crippen LogP contribution is 2.35. The van der Waals surface area contributed by atoms with Crippen molar-refractivity contribution in [1.82, 2.24) is 15.3 Å². The summed E-state index contributed by atoms with van der Waals surface area (Å²) in [5.74, 6) is -2.95. The standard InChI is InChI=1S/C21H20F2N4O3/c22-16-7-13(8-17(23)20(16)15-1-2-19(29)26-21(15)30)12-3-5-27(6-4-12)18-10-24-14(11-28)9-25-18/h7-12,15H,1-6H2,(H,26,29,30). The molecule has 2 aromatic rings. The van der Waals surface area contributed by atoms with E-state index in [4.69, 9.17) is 0 Å². The summed E-state index contributed by atoms with van der Waals surface area (Å²) >= 11 is 0. The molecule has 1 aromatic heterocycles. The van der Waals surface area contributed by atoms with Gasteiger partial charge in [-0.05, 0) is 42.9 Å². The third kappa shape index (κ3) is 3.92. The van der Waals surface area contributed by atoms with Crippen molar-refractivity contribution in [2.45, 2.75) is 37.5 Å². The first kappa shape index (κ1) is 20.1. The number of hydrogen-bond donors (Lipinski definition) is 1. The lowest BCUT2D eigenvalue weighted by Crippen LogP contribution is -2.40. The lowest BCUT2D eigenvalue weighted by atomic mass is 9.85. The van der Waals surface area contributed by atoms with Crippen molar-refractivity contribution in [3.8, 4) is 0 Å². The highest BCUT2D eigenvalue weighted by atomic mass is 19.1. The highest BCUT2D eigenvalue weighted by molar-refractivity contribution is 6.01. The zero-order valence-corrected chi connectivity index (χ0v) is 16.1. The van der Waals surface area contributed by atoms with Gasteiger partial charge in [0, 0.05) is 25.1 Å². The number of benzene rings is 1. The number of carbonyl (C=O) groups excluding carboxylic acids is 3. The van der Waals surface area contributed by atoms with E-state index in [1.807, 2.05) is 4.90 Å². The van der Waals surface area contributed by atoms with Crippen LogP contribution in [0.4, 0.5) is 14.6 Å². The van der Waals surface area contributed by atoms with E-state index >= 15 is 0 Å². The fourth-order valence-corrected chi connectivity index (χ4v) is 4.14. The van der Waals surface area contributed by atoms with E-state index in [9.17, 15) is 23.2 Å². The number of aromatic nitrogens is 2. The number of aldehydes is 1. The van der Waals surface area contributed by atoms with Crippen LogP contribution in [0, 0.1) is 11.6 Å². The van der Waals surface area contributed by atoms with Gasteiger partial charge in [0.2, 0.25) is 11.8 Å². The van der Waals surface area contributed by atoms with Crippen LogP contribution in [0.15, 0.2) is 24.5 Å². The predicted octanol–water partition coefficient (Wildman–Crippen LogP) is 2.47. The van der Waals surface area contributed by atoms with Crippen molar-refractivity contribution in [2.75, 3.05) is 18.0 Å². The second-order valence-corrected chi connectivity index (χ2v) is 7.58. The van der Waals surface area contributed by atoms with Gasteiger partial charge in [-0.3, -0.25) is 19.7 Å². The summed E-state index contributed by atoms with van der Waals surface area (Å²) in [7, 11) is 0. The van der Waals surface area contributed by atoms with Crippen molar-refractivity contribution in [1.29, 1.82) is 0 Å². The summed E-state index contributed by atoms with van der Waals surface area (Å²) in [6.45, 7) is 1.27. The summed E-state index contributed by atoms with van der Waals surface area (Å²) in [5, 5.41) is 2.14. The monoisotopic (exact) mass is 414 g/mol. The van der Waals surface area contributed by atoms with Crippen molar-refractivity contribution in [3.05, 3.63) is 53.0 Å². The van der Waals surface area contributed by atoms with Gasteiger partial charge in [-0.1, -0.05) is 0 Å². The van der Waals surface area contributed by atoms with E-state index in [0.717, 1.165) is 0 Å². The summed E-state index contributed by atoms with van der Waals surface area (Å²) in [4.78, 5) is 44.2. The van der Waals surface area contributed by atoms with Crippen molar-refractivity contribution in [2.24, 2.45) is 0 Å². The molecule has 0 saturated carbocycles. The molecule has 0 radical (unpaired) electrons. The molecule has 4 rings (SSSR count). The van der Waals surface area contributed by atoms with Crippen LogP contribution in [0.1, 0.15) is 59.1 Å². The van der Waals surface area contributed by atoms with Crippen molar-refractivity contribution < 1.29 is 23.2 Å². The molecular weight excluding hydrogens is 394 g/mol. The van der Waals surface area contributed by atoms with Crippen LogP contribution < -0.4 is 10.2 Å². The molecule has 30 heavy (non-hydrogen) atoms. The second-order valence-electron chi connectivity index (χ2n) is 7.58. The molecular formula is C21H20F2N4O3. The van der Waals surface area contributed by atoms with E-state index in [2.05, 4.69) is 15.3 Å². The van der Waals surface area contributed by atoms with Gasteiger partial charge in [-0.25, -0.2) is 18.7 Å². The number of anilines is 1. The molecule has 0 aliphatic carbocycles. The van der Waals surface area contributed by atoms with E-state index < -0.39 is 29.4 Å². The molecule has 1 N–H and O–H groups in total. The largest absolute Gasteiger partial charge is 0.355 e. The number of carbonyl (C=O) groups is 3. The molecule has 0 bridgehead atoms. The molecule has 1 atom stereocenters. The number of halogens is 2. The second kappa shape index (κ2) is 8.25. The number of amides is 2. The zero-order valence-electron chi connectivity index (χ0n) is 16.1. The first-order valence-electron chi connectivity index (χ1n) is 9.81. The van der Waals surface area contributed by atoms with Crippen molar-refractivity contribution in [3.63, 3.8) is 0 Å². The Balaban J connectivity index is 1.47. The fourth-order valence-electron chi connectivity index (χ4n) is 4.14. The van der Waals surface area contributed by atoms with Gasteiger partial charge < -0.3 is 4.90 Å². The molecule has 2 aliphatic rings. The summed E-state index contributed by atoms with van der Waals surface area (Å²) in [6, 6.07) is 2.61. The molecule has 2 saturated heterocycles. The van der Waals surface area contributed by atoms with Gasteiger partial charge in [0.1, 0.15) is 23.1 Å². The van der Waals surface area contributed by atoms with Crippen LogP contribution in [-0.2, 0) is 9.59 Å².